The Bertz CT molecular complexity index is 441. The summed E-state index contributed by atoms with van der Waals surface area (Å²) < 4.78 is 5.04. The second-order valence-electron chi connectivity index (χ2n) is 5.49. The van der Waals surface area contributed by atoms with Crippen LogP contribution in [0.2, 0.25) is 0 Å². The lowest BCUT2D eigenvalue weighted by atomic mass is 10.0. The van der Waals surface area contributed by atoms with Crippen LogP contribution in [0.25, 0.3) is 0 Å². The highest BCUT2D eigenvalue weighted by molar-refractivity contribution is 7.80. The van der Waals surface area contributed by atoms with E-state index in [0.29, 0.717) is 5.56 Å². The predicted molar refractivity (Wildman–Crippen MR) is 78.9 cm³/mol. The fourth-order valence-electron chi connectivity index (χ4n) is 1.51. The number of rotatable bonds is 4. The van der Waals surface area contributed by atoms with Crippen LogP contribution in [0.3, 0.4) is 0 Å². The molecule has 112 valence electrons. The van der Waals surface area contributed by atoms with E-state index in [1.54, 1.807) is 45.0 Å². The van der Waals surface area contributed by atoms with Crippen LogP contribution in [0.15, 0.2) is 29.2 Å². The number of aliphatic hydroxyl groups is 2. The third-order valence-corrected chi connectivity index (χ3v) is 2.75. The summed E-state index contributed by atoms with van der Waals surface area (Å²) in [6, 6.07) is 6.78. The maximum Gasteiger partial charge on any atom is 0.407 e. The molecule has 5 nitrogen and oxygen atoms in total. The molecule has 0 aliphatic rings. The van der Waals surface area contributed by atoms with E-state index in [1.165, 1.54) is 0 Å². The molecule has 0 saturated heterocycles. The monoisotopic (exact) mass is 299 g/mol. The van der Waals surface area contributed by atoms with E-state index in [4.69, 9.17) is 4.74 Å². The van der Waals surface area contributed by atoms with Crippen molar-refractivity contribution in [3.8, 4) is 0 Å². The Balaban J connectivity index is 2.48. The van der Waals surface area contributed by atoms with Crippen molar-refractivity contribution in [3.63, 3.8) is 0 Å². The molecule has 2 atom stereocenters. The van der Waals surface area contributed by atoms with Gasteiger partial charge in [0.1, 0.15) is 17.8 Å². The van der Waals surface area contributed by atoms with Crippen LogP contribution in [0.1, 0.15) is 32.4 Å². The van der Waals surface area contributed by atoms with Crippen molar-refractivity contribution in [3.05, 3.63) is 29.8 Å². The van der Waals surface area contributed by atoms with E-state index in [0.717, 1.165) is 4.90 Å². The zero-order valence-corrected chi connectivity index (χ0v) is 12.7. The zero-order valence-electron chi connectivity index (χ0n) is 11.8. The largest absolute Gasteiger partial charge is 0.444 e. The van der Waals surface area contributed by atoms with Crippen molar-refractivity contribution in [2.75, 3.05) is 6.54 Å². The molecule has 6 heteroatoms. The summed E-state index contributed by atoms with van der Waals surface area (Å²) in [5.74, 6) is 0. The highest BCUT2D eigenvalue weighted by atomic mass is 32.1. The first-order chi connectivity index (χ1) is 9.19. The minimum absolute atomic E-state index is 0.0985. The van der Waals surface area contributed by atoms with Crippen LogP contribution in [0.4, 0.5) is 4.79 Å². The molecule has 1 amide bonds. The number of hydrogen-bond acceptors (Lipinski definition) is 5. The summed E-state index contributed by atoms with van der Waals surface area (Å²) in [5, 5.41) is 22.2. The van der Waals surface area contributed by atoms with Crippen molar-refractivity contribution in [1.82, 2.24) is 5.32 Å². The van der Waals surface area contributed by atoms with Gasteiger partial charge in [0.05, 0.1) is 0 Å². The van der Waals surface area contributed by atoms with Crippen molar-refractivity contribution >= 4 is 18.7 Å². The molecule has 0 bridgehead atoms. The Labute approximate surface area is 124 Å². The summed E-state index contributed by atoms with van der Waals surface area (Å²) in [6.07, 6.45) is -2.83. The third kappa shape index (κ3) is 5.81. The highest BCUT2D eigenvalue weighted by Gasteiger charge is 2.21. The van der Waals surface area contributed by atoms with E-state index in [2.05, 4.69) is 17.9 Å². The number of carbonyl (C=O) groups is 1. The number of nitrogens with one attached hydrogen (secondary N) is 1. The fraction of sp³-hybridized carbons (Fsp3) is 0.500. The van der Waals surface area contributed by atoms with Crippen LogP contribution in [0.5, 0.6) is 0 Å². The average Bonchev–Trinajstić information content (AvgIpc) is 2.34. The van der Waals surface area contributed by atoms with E-state index in [1.807, 2.05) is 0 Å². The lowest BCUT2D eigenvalue weighted by Gasteiger charge is -2.22. The second-order valence-corrected chi connectivity index (χ2v) is 6.00. The van der Waals surface area contributed by atoms with Gasteiger partial charge < -0.3 is 20.3 Å². The summed E-state index contributed by atoms with van der Waals surface area (Å²) in [5.41, 5.74) is -0.0444. The van der Waals surface area contributed by atoms with Crippen LogP contribution >= 0.6 is 12.6 Å². The minimum Gasteiger partial charge on any atom is -0.444 e. The maximum atomic E-state index is 11.4. The molecule has 0 aliphatic carbocycles. The lowest BCUT2D eigenvalue weighted by molar-refractivity contribution is 0.0129. The quantitative estimate of drug-likeness (QED) is 0.640. The molecule has 1 aromatic carbocycles. The molecule has 0 heterocycles. The number of thiol groups is 1. The third-order valence-electron chi connectivity index (χ3n) is 2.45. The van der Waals surface area contributed by atoms with Gasteiger partial charge in [-0.3, -0.25) is 0 Å². The van der Waals surface area contributed by atoms with Crippen LogP contribution in [0, 0.1) is 0 Å². The van der Waals surface area contributed by atoms with Crippen molar-refractivity contribution in [2.45, 2.75) is 43.5 Å². The topological polar surface area (TPSA) is 78.8 Å². The van der Waals surface area contributed by atoms with Gasteiger partial charge >= 0.3 is 6.09 Å². The Morgan fingerprint density at radius 1 is 1.30 bits per heavy atom. The average molecular weight is 299 g/mol. The summed E-state index contributed by atoms with van der Waals surface area (Å²) in [6.45, 7) is 5.14. The molecule has 0 aliphatic heterocycles. The van der Waals surface area contributed by atoms with E-state index in [9.17, 15) is 15.0 Å². The number of aliphatic hydroxyl groups excluding tert-OH is 2. The normalized spacial score (nSPS) is 14.5. The van der Waals surface area contributed by atoms with Crippen molar-refractivity contribution < 1.29 is 19.7 Å². The smallest absolute Gasteiger partial charge is 0.407 e. The molecular formula is C14H21NO4S. The SMILES string of the molecule is CC(C)(C)OC(=O)NCC(O)C(O)c1ccc(S)cc1. The van der Waals surface area contributed by atoms with E-state index in [-0.39, 0.29) is 6.54 Å². The Morgan fingerprint density at radius 3 is 2.35 bits per heavy atom. The van der Waals surface area contributed by atoms with Gasteiger partial charge in [-0.2, -0.15) is 0 Å². The predicted octanol–water partition coefficient (Wildman–Crippen LogP) is 1.89. The summed E-state index contributed by atoms with van der Waals surface area (Å²) in [4.78, 5) is 12.2. The summed E-state index contributed by atoms with van der Waals surface area (Å²) >= 11 is 4.14. The molecule has 1 rings (SSSR count). The number of benzene rings is 1. The van der Waals surface area contributed by atoms with E-state index >= 15 is 0 Å². The first kappa shape index (κ1) is 16.8. The molecule has 1 aromatic rings. The van der Waals surface area contributed by atoms with Crippen LogP contribution in [-0.4, -0.2) is 34.6 Å². The minimum atomic E-state index is -1.12. The molecule has 3 N–H and O–H groups in total. The van der Waals surface area contributed by atoms with Gasteiger partial charge in [-0.05, 0) is 38.5 Å². The number of hydrogen-bond donors (Lipinski definition) is 4. The summed E-state index contributed by atoms with van der Waals surface area (Å²) in [7, 11) is 0. The van der Waals surface area contributed by atoms with Crippen LogP contribution < -0.4 is 5.32 Å². The molecule has 0 fully saturated rings. The van der Waals surface area contributed by atoms with Gasteiger partial charge in [-0.15, -0.1) is 12.6 Å². The van der Waals surface area contributed by atoms with Gasteiger partial charge in [0.25, 0.3) is 0 Å². The first-order valence-corrected chi connectivity index (χ1v) is 6.75. The molecule has 0 radical (unpaired) electrons. The van der Waals surface area contributed by atoms with E-state index < -0.39 is 23.9 Å². The Kier molecular flexibility index (Phi) is 5.86. The van der Waals surface area contributed by atoms with Crippen LogP contribution in [-0.2, 0) is 4.74 Å². The van der Waals surface area contributed by atoms with Crippen molar-refractivity contribution in [2.24, 2.45) is 0 Å². The molecule has 0 spiro atoms. The molecule has 20 heavy (non-hydrogen) atoms. The molecule has 0 aromatic heterocycles. The van der Waals surface area contributed by atoms with Gasteiger partial charge in [-0.1, -0.05) is 12.1 Å². The second kappa shape index (κ2) is 6.97. The van der Waals surface area contributed by atoms with Gasteiger partial charge in [-0.25, -0.2) is 4.79 Å². The standard InChI is InChI=1S/C14H21NO4S/c1-14(2,3)19-13(18)15-8-11(16)12(17)9-4-6-10(20)7-5-9/h4-7,11-12,16-17,20H,8H2,1-3H3,(H,15,18). The highest BCUT2D eigenvalue weighted by Crippen LogP contribution is 2.18. The Hall–Kier alpha value is -1.24. The first-order valence-electron chi connectivity index (χ1n) is 6.31. The number of alkyl carbamates (subject to hydrolysis) is 1. The lowest BCUT2D eigenvalue weighted by Crippen LogP contribution is -2.38. The number of ether oxygens (including phenoxy) is 1. The van der Waals surface area contributed by atoms with Gasteiger partial charge in [0.2, 0.25) is 0 Å². The molecule has 0 saturated carbocycles. The number of amides is 1. The fourth-order valence-corrected chi connectivity index (χ4v) is 1.66. The maximum absolute atomic E-state index is 11.4. The van der Waals surface area contributed by atoms with Crippen molar-refractivity contribution in [1.29, 1.82) is 0 Å². The van der Waals surface area contributed by atoms with Gasteiger partial charge in [0.15, 0.2) is 0 Å². The Morgan fingerprint density at radius 2 is 1.85 bits per heavy atom. The van der Waals surface area contributed by atoms with Gasteiger partial charge in [0, 0.05) is 11.4 Å². The zero-order chi connectivity index (χ0) is 15.3. The molecular weight excluding hydrogens is 278 g/mol. The molecule has 2 unspecified atom stereocenters. The number of carbonyl (C=O) groups excluding carboxylic acids is 1.